The van der Waals surface area contributed by atoms with Crippen LogP contribution in [-0.4, -0.2) is 73.1 Å². The van der Waals surface area contributed by atoms with Gasteiger partial charge in [0.2, 0.25) is 15.9 Å². The van der Waals surface area contributed by atoms with Gasteiger partial charge in [-0.2, -0.15) is 4.31 Å². The van der Waals surface area contributed by atoms with Crippen LogP contribution in [0.3, 0.4) is 0 Å². The van der Waals surface area contributed by atoms with Crippen LogP contribution >= 0.6 is 11.3 Å². The number of amides is 2. The van der Waals surface area contributed by atoms with E-state index in [1.54, 1.807) is 60.1 Å². The molecule has 0 unspecified atom stereocenters. The molecule has 1 aliphatic carbocycles. The lowest BCUT2D eigenvalue weighted by atomic mass is 9.81. The average Bonchev–Trinajstić information content (AvgIpc) is 3.63. The van der Waals surface area contributed by atoms with E-state index in [0.29, 0.717) is 26.2 Å². The monoisotopic (exact) mass is 780 g/mol. The number of aromatic nitrogens is 1. The van der Waals surface area contributed by atoms with Crippen LogP contribution in [0.1, 0.15) is 41.9 Å². The van der Waals surface area contributed by atoms with E-state index in [1.807, 2.05) is 12.1 Å². The number of aliphatic hydroxyl groups is 1. The maximum Gasteiger partial charge on any atom is 0.420 e. The minimum atomic E-state index is -4.34. The van der Waals surface area contributed by atoms with Crippen molar-refractivity contribution in [2.24, 2.45) is 11.7 Å². The Hall–Kier alpha value is -4.67. The standard InChI is InChI=1S/C39H39F3N4O6S2/c1-52-38(49)46(37(48)36(43)35(27-8-4-2-5-9-27)28-10-6-3-7-11-28)33-18-29(40)14-12-26(33)13-15-30(23-47)45(22-25-20-39(41,42)21-25)54(50,51)31-16-17-32-34(19-31)53-24-44-32/h2-12,14,16-19,24-25,30,35-36,47H,13,15,20-23,43H2,1H3/t30-,36-/m0/s1. The number of fused-ring (bicyclic) bond motifs is 1. The molecular formula is C39H39F3N4O6S2. The van der Waals surface area contributed by atoms with Crippen LogP contribution in [-0.2, 0) is 26.0 Å². The van der Waals surface area contributed by atoms with Gasteiger partial charge >= 0.3 is 6.09 Å². The Labute approximate surface area is 315 Å². The van der Waals surface area contributed by atoms with Gasteiger partial charge in [-0.05, 0) is 65.8 Å². The summed E-state index contributed by atoms with van der Waals surface area (Å²) < 4.78 is 77.9. The maximum atomic E-state index is 15.0. The molecule has 284 valence electrons. The number of anilines is 1. The Kier molecular flexibility index (Phi) is 11.8. The number of methoxy groups -OCH3 is 1. The van der Waals surface area contributed by atoms with E-state index in [4.69, 9.17) is 10.5 Å². The number of carbonyl (C=O) groups excluding carboxylic acids is 2. The van der Waals surface area contributed by atoms with Gasteiger partial charge in [0.25, 0.3) is 5.91 Å². The largest absolute Gasteiger partial charge is 0.452 e. The number of nitrogens with two attached hydrogens (primary N) is 1. The summed E-state index contributed by atoms with van der Waals surface area (Å²) in [5.41, 5.74) is 10.3. The molecule has 15 heteroatoms. The van der Waals surface area contributed by atoms with Gasteiger partial charge in [-0.15, -0.1) is 11.3 Å². The lowest BCUT2D eigenvalue weighted by Gasteiger charge is -2.40. The third-order valence-corrected chi connectivity index (χ3v) is 12.4. The van der Waals surface area contributed by atoms with Crippen molar-refractivity contribution in [1.29, 1.82) is 0 Å². The summed E-state index contributed by atoms with van der Waals surface area (Å²) in [6.07, 6.45) is -2.30. The summed E-state index contributed by atoms with van der Waals surface area (Å²) in [5.74, 6) is -5.96. The number of ether oxygens (including phenoxy) is 1. The molecule has 0 saturated heterocycles. The number of nitrogens with zero attached hydrogens (tertiary/aromatic N) is 3. The molecule has 2 amide bonds. The van der Waals surface area contributed by atoms with Crippen LogP contribution < -0.4 is 10.6 Å². The SMILES string of the molecule is COC(=O)N(C(=O)[C@@H](N)C(c1ccccc1)c1ccccc1)c1cc(F)ccc1CC[C@@H](CO)N(CC1CC(F)(F)C1)S(=O)(=O)c1ccc2ncsc2c1. The first kappa shape index (κ1) is 39.0. The third kappa shape index (κ3) is 8.35. The molecule has 2 atom stereocenters. The lowest BCUT2D eigenvalue weighted by Crippen LogP contribution is -2.50. The highest BCUT2D eigenvalue weighted by atomic mass is 32.2. The summed E-state index contributed by atoms with van der Waals surface area (Å²) in [6, 6.07) is 23.4. The number of thiazole rings is 1. The average molecular weight is 781 g/mol. The van der Waals surface area contributed by atoms with Gasteiger partial charge in [0.05, 0.1) is 46.1 Å². The second-order valence-corrected chi connectivity index (χ2v) is 16.1. The van der Waals surface area contributed by atoms with Crippen molar-refractivity contribution < 1.29 is 41.0 Å². The Morgan fingerprint density at radius 2 is 1.65 bits per heavy atom. The Balaban J connectivity index is 1.33. The fourth-order valence-electron chi connectivity index (χ4n) is 6.97. The summed E-state index contributed by atoms with van der Waals surface area (Å²) in [4.78, 5) is 32.5. The summed E-state index contributed by atoms with van der Waals surface area (Å²) in [6.45, 7) is -0.954. The fraction of sp³-hybridized carbons (Fsp3) is 0.308. The van der Waals surface area contributed by atoms with Crippen LogP contribution in [0.15, 0.2) is 107 Å². The molecule has 1 fully saturated rings. The first-order valence-electron chi connectivity index (χ1n) is 17.2. The number of halogens is 3. The lowest BCUT2D eigenvalue weighted by molar-refractivity contribution is -0.119. The number of benzene rings is 4. The van der Waals surface area contributed by atoms with Gasteiger partial charge in [-0.3, -0.25) is 4.79 Å². The number of sulfonamides is 1. The highest BCUT2D eigenvalue weighted by molar-refractivity contribution is 7.89. The van der Waals surface area contributed by atoms with Crippen LogP contribution in [0.25, 0.3) is 10.2 Å². The number of rotatable bonds is 14. The number of hydrogen-bond acceptors (Lipinski definition) is 9. The van der Waals surface area contributed by atoms with E-state index in [2.05, 4.69) is 4.98 Å². The molecule has 0 aliphatic heterocycles. The molecule has 1 saturated carbocycles. The summed E-state index contributed by atoms with van der Waals surface area (Å²) in [7, 11) is -3.27. The van der Waals surface area contributed by atoms with Crippen molar-refractivity contribution in [3.8, 4) is 0 Å². The highest BCUT2D eigenvalue weighted by Gasteiger charge is 2.48. The van der Waals surface area contributed by atoms with Gasteiger partial charge in [0.15, 0.2) is 0 Å². The predicted octanol–water partition coefficient (Wildman–Crippen LogP) is 6.72. The predicted molar refractivity (Wildman–Crippen MR) is 199 cm³/mol. The van der Waals surface area contributed by atoms with Gasteiger partial charge in [0, 0.05) is 31.3 Å². The quantitative estimate of drug-likeness (QED) is 0.127. The number of alkyl halides is 2. The zero-order valence-electron chi connectivity index (χ0n) is 29.2. The normalized spacial score (nSPS) is 15.6. The number of aryl methyl sites for hydroxylation is 1. The minimum absolute atomic E-state index is 0.0711. The van der Waals surface area contributed by atoms with Crippen LogP contribution in [0.4, 0.5) is 23.7 Å². The number of hydrogen-bond donors (Lipinski definition) is 2. The number of imide groups is 1. The van der Waals surface area contributed by atoms with Crippen molar-refractivity contribution in [3.63, 3.8) is 0 Å². The summed E-state index contributed by atoms with van der Waals surface area (Å²) in [5, 5.41) is 10.6. The van der Waals surface area contributed by atoms with Gasteiger partial charge in [0.1, 0.15) is 5.82 Å². The van der Waals surface area contributed by atoms with Crippen molar-refractivity contribution in [3.05, 3.63) is 125 Å². The molecule has 3 N–H and O–H groups in total. The Bertz CT molecular complexity index is 2160. The molecule has 1 heterocycles. The van der Waals surface area contributed by atoms with E-state index >= 15 is 0 Å². The minimum Gasteiger partial charge on any atom is -0.452 e. The molecule has 1 aliphatic rings. The molecule has 0 bridgehead atoms. The number of aliphatic hydroxyl groups excluding tert-OH is 1. The van der Waals surface area contributed by atoms with Gasteiger partial charge in [-0.25, -0.2) is 36.3 Å². The van der Waals surface area contributed by atoms with Gasteiger partial charge < -0.3 is 15.6 Å². The summed E-state index contributed by atoms with van der Waals surface area (Å²) >= 11 is 1.24. The molecule has 10 nitrogen and oxygen atoms in total. The zero-order valence-corrected chi connectivity index (χ0v) is 30.9. The smallest absolute Gasteiger partial charge is 0.420 e. The molecule has 0 radical (unpaired) electrons. The van der Waals surface area contributed by atoms with Crippen LogP contribution in [0.2, 0.25) is 0 Å². The van der Waals surface area contributed by atoms with E-state index in [9.17, 15) is 36.3 Å². The molecule has 54 heavy (non-hydrogen) atoms. The highest BCUT2D eigenvalue weighted by Crippen LogP contribution is 2.44. The van der Waals surface area contributed by atoms with E-state index in [1.165, 1.54) is 29.5 Å². The Morgan fingerprint density at radius 3 is 2.24 bits per heavy atom. The first-order chi connectivity index (χ1) is 25.8. The second-order valence-electron chi connectivity index (χ2n) is 13.3. The van der Waals surface area contributed by atoms with Crippen LogP contribution in [0, 0.1) is 11.7 Å². The van der Waals surface area contributed by atoms with E-state index in [-0.39, 0.29) is 35.5 Å². The fourth-order valence-corrected chi connectivity index (χ4v) is 9.51. The topological polar surface area (TPSA) is 143 Å². The van der Waals surface area contributed by atoms with Crippen LogP contribution in [0.5, 0.6) is 0 Å². The molecule has 6 rings (SSSR count). The zero-order chi connectivity index (χ0) is 38.6. The van der Waals surface area contributed by atoms with Crippen molar-refractivity contribution in [1.82, 2.24) is 9.29 Å². The van der Waals surface area contributed by atoms with Crippen molar-refractivity contribution >= 4 is 49.3 Å². The Morgan fingerprint density at radius 1 is 1.00 bits per heavy atom. The first-order valence-corrected chi connectivity index (χ1v) is 19.5. The molecule has 4 aromatic carbocycles. The molecule has 5 aromatic rings. The van der Waals surface area contributed by atoms with E-state index in [0.717, 1.165) is 23.5 Å². The van der Waals surface area contributed by atoms with Crippen molar-refractivity contribution in [2.75, 3.05) is 25.2 Å². The third-order valence-electron chi connectivity index (χ3n) is 9.71. The van der Waals surface area contributed by atoms with Crippen molar-refractivity contribution in [2.45, 2.75) is 54.5 Å². The molecule has 0 spiro atoms. The second kappa shape index (κ2) is 16.4. The van der Waals surface area contributed by atoms with Gasteiger partial charge in [-0.1, -0.05) is 66.7 Å². The van der Waals surface area contributed by atoms with E-state index < -0.39 is 77.1 Å². The number of carbonyl (C=O) groups is 2. The maximum absolute atomic E-state index is 15.0. The molecule has 1 aromatic heterocycles. The molecular weight excluding hydrogens is 742 g/mol.